The molecule has 5 atom stereocenters. The van der Waals surface area contributed by atoms with Gasteiger partial charge in [-0.15, -0.1) is 0 Å². The Bertz CT molecular complexity index is 773. The molecule has 1 aromatic heterocycles. The summed E-state index contributed by atoms with van der Waals surface area (Å²) in [4.78, 5) is 0. The van der Waals surface area contributed by atoms with E-state index >= 15 is 0 Å². The molecule has 122 valence electrons. The lowest BCUT2D eigenvalue weighted by Crippen LogP contribution is -2.43. The molecule has 3 aliphatic rings. The van der Waals surface area contributed by atoms with E-state index in [1.807, 2.05) is 6.92 Å². The zero-order chi connectivity index (χ0) is 15.8. The lowest BCUT2D eigenvalue weighted by atomic mass is 9.55. The van der Waals surface area contributed by atoms with Crippen molar-refractivity contribution in [1.82, 2.24) is 0 Å². The van der Waals surface area contributed by atoms with Crippen molar-refractivity contribution in [3.05, 3.63) is 35.1 Å². The molecule has 0 radical (unpaired) electrons. The number of hydrogen-bond acceptors (Lipinski definition) is 2. The molecule has 0 unspecified atom stereocenters. The average molecular weight is 310 g/mol. The first-order valence-corrected chi connectivity index (χ1v) is 9.27. The minimum Gasteiger partial charge on any atom is -0.461 e. The number of rotatable bonds is 0. The van der Waals surface area contributed by atoms with Gasteiger partial charge in [-0.05, 0) is 97.9 Å². The molecule has 2 nitrogen and oxygen atoms in total. The second-order valence-electron chi connectivity index (χ2n) is 8.50. The maximum absolute atomic E-state index is 10.5. The van der Waals surface area contributed by atoms with E-state index in [2.05, 4.69) is 25.1 Å². The van der Waals surface area contributed by atoms with Crippen LogP contribution in [0.25, 0.3) is 11.0 Å². The number of aliphatic hydroxyl groups is 1. The van der Waals surface area contributed by atoms with Gasteiger partial charge in [0, 0.05) is 5.39 Å². The summed E-state index contributed by atoms with van der Waals surface area (Å²) >= 11 is 0. The van der Waals surface area contributed by atoms with Gasteiger partial charge in [0.2, 0.25) is 0 Å². The average Bonchev–Trinajstić information content (AvgIpc) is 3.03. The summed E-state index contributed by atoms with van der Waals surface area (Å²) in [5.74, 6) is 3.19. The fraction of sp³-hybridized carbons (Fsp3) is 0.619. The van der Waals surface area contributed by atoms with Crippen LogP contribution in [0.1, 0.15) is 61.8 Å². The van der Waals surface area contributed by atoms with Crippen molar-refractivity contribution in [3.63, 3.8) is 0 Å². The van der Waals surface area contributed by atoms with Gasteiger partial charge in [-0.25, -0.2) is 0 Å². The Balaban J connectivity index is 1.58. The standard InChI is InChI=1S/C21H26O2/c1-12-9-14-10-17-13(11-19(14)23-12)3-4-16-15(17)7-8-21(2)18(16)5-6-20(21)22/h9-11,15-16,18,20,22H,3-8H2,1-2H3/t15-,16+,18-,20-,21-/m0/s1. The Labute approximate surface area is 137 Å². The number of benzene rings is 1. The molecule has 0 bridgehead atoms. The third-order valence-electron chi connectivity index (χ3n) is 7.43. The quantitative estimate of drug-likeness (QED) is 0.746. The largest absolute Gasteiger partial charge is 0.461 e. The van der Waals surface area contributed by atoms with E-state index in [-0.39, 0.29) is 11.5 Å². The summed E-state index contributed by atoms with van der Waals surface area (Å²) in [7, 11) is 0. The van der Waals surface area contributed by atoms with Gasteiger partial charge in [0.15, 0.2) is 0 Å². The molecule has 5 rings (SSSR count). The van der Waals surface area contributed by atoms with Crippen molar-refractivity contribution >= 4 is 11.0 Å². The van der Waals surface area contributed by atoms with E-state index in [4.69, 9.17) is 4.42 Å². The zero-order valence-corrected chi connectivity index (χ0v) is 14.1. The monoisotopic (exact) mass is 310 g/mol. The van der Waals surface area contributed by atoms with Crippen molar-refractivity contribution in [2.45, 2.75) is 64.4 Å². The Morgan fingerprint density at radius 2 is 2.00 bits per heavy atom. The molecule has 3 aliphatic carbocycles. The minimum atomic E-state index is -0.0751. The Morgan fingerprint density at radius 1 is 1.13 bits per heavy atom. The number of fused-ring (bicyclic) bond motifs is 6. The summed E-state index contributed by atoms with van der Waals surface area (Å²) < 4.78 is 5.84. The van der Waals surface area contributed by atoms with Crippen LogP contribution in [-0.2, 0) is 6.42 Å². The molecule has 1 aromatic carbocycles. The highest BCUT2D eigenvalue weighted by Crippen LogP contribution is 2.61. The third-order valence-corrected chi connectivity index (χ3v) is 7.43. The van der Waals surface area contributed by atoms with Crippen LogP contribution in [-0.4, -0.2) is 11.2 Å². The van der Waals surface area contributed by atoms with Crippen LogP contribution in [0, 0.1) is 24.2 Å². The summed E-state index contributed by atoms with van der Waals surface area (Å²) in [5, 5.41) is 11.8. The molecule has 0 amide bonds. The summed E-state index contributed by atoms with van der Waals surface area (Å²) in [6.07, 6.45) is 7.04. The fourth-order valence-electron chi connectivity index (χ4n) is 6.21. The molecule has 0 saturated heterocycles. The van der Waals surface area contributed by atoms with Crippen molar-refractivity contribution in [3.8, 4) is 0 Å². The minimum absolute atomic E-state index is 0.0751. The molecule has 0 spiro atoms. The fourth-order valence-corrected chi connectivity index (χ4v) is 6.21. The second kappa shape index (κ2) is 4.63. The van der Waals surface area contributed by atoms with E-state index in [0.29, 0.717) is 11.8 Å². The summed E-state index contributed by atoms with van der Waals surface area (Å²) in [6, 6.07) is 6.88. The molecule has 2 heteroatoms. The van der Waals surface area contributed by atoms with E-state index < -0.39 is 0 Å². The predicted octanol–water partition coefficient (Wildman–Crippen LogP) is 4.96. The highest BCUT2D eigenvalue weighted by molar-refractivity contribution is 5.80. The highest BCUT2D eigenvalue weighted by Gasteiger charge is 2.54. The molecular formula is C21H26O2. The molecule has 0 aliphatic heterocycles. The van der Waals surface area contributed by atoms with Crippen LogP contribution in [0.5, 0.6) is 0 Å². The van der Waals surface area contributed by atoms with E-state index in [1.54, 1.807) is 5.56 Å². The maximum Gasteiger partial charge on any atom is 0.134 e. The van der Waals surface area contributed by atoms with Crippen molar-refractivity contribution in [2.75, 3.05) is 0 Å². The highest BCUT2D eigenvalue weighted by atomic mass is 16.3. The lowest BCUT2D eigenvalue weighted by molar-refractivity contribution is -0.0225. The van der Waals surface area contributed by atoms with Crippen molar-refractivity contribution < 1.29 is 9.52 Å². The smallest absolute Gasteiger partial charge is 0.134 e. The van der Waals surface area contributed by atoms with Crippen molar-refractivity contribution in [1.29, 1.82) is 0 Å². The molecule has 2 aromatic rings. The van der Waals surface area contributed by atoms with Crippen molar-refractivity contribution in [2.24, 2.45) is 17.3 Å². The number of furan rings is 1. The van der Waals surface area contributed by atoms with Crippen LogP contribution in [0.15, 0.2) is 22.6 Å². The van der Waals surface area contributed by atoms with Crippen LogP contribution >= 0.6 is 0 Å². The van der Waals surface area contributed by atoms with Gasteiger partial charge in [-0.2, -0.15) is 0 Å². The van der Waals surface area contributed by atoms with Gasteiger partial charge < -0.3 is 9.52 Å². The lowest BCUT2D eigenvalue weighted by Gasteiger charge is -2.50. The molecule has 23 heavy (non-hydrogen) atoms. The summed E-state index contributed by atoms with van der Waals surface area (Å²) in [6.45, 7) is 4.39. The Morgan fingerprint density at radius 3 is 2.87 bits per heavy atom. The first-order valence-electron chi connectivity index (χ1n) is 9.27. The van der Waals surface area contributed by atoms with E-state index in [0.717, 1.165) is 23.7 Å². The van der Waals surface area contributed by atoms with Gasteiger partial charge in [-0.1, -0.05) is 6.92 Å². The van der Waals surface area contributed by atoms with Crippen LogP contribution in [0.4, 0.5) is 0 Å². The van der Waals surface area contributed by atoms with Gasteiger partial charge in [0.25, 0.3) is 0 Å². The van der Waals surface area contributed by atoms with Crippen LogP contribution < -0.4 is 0 Å². The maximum atomic E-state index is 10.5. The third kappa shape index (κ3) is 1.85. The van der Waals surface area contributed by atoms with Gasteiger partial charge >= 0.3 is 0 Å². The normalized spacial score (nSPS) is 39.1. The van der Waals surface area contributed by atoms with E-state index in [9.17, 15) is 5.11 Å². The van der Waals surface area contributed by atoms with Gasteiger partial charge in [0.05, 0.1) is 6.10 Å². The topological polar surface area (TPSA) is 33.4 Å². The molecule has 2 fully saturated rings. The molecule has 1 heterocycles. The van der Waals surface area contributed by atoms with Crippen LogP contribution in [0.2, 0.25) is 0 Å². The summed E-state index contributed by atoms with van der Waals surface area (Å²) in [5.41, 5.74) is 4.32. The van der Waals surface area contributed by atoms with Gasteiger partial charge in [0.1, 0.15) is 11.3 Å². The molecular weight excluding hydrogens is 284 g/mol. The second-order valence-corrected chi connectivity index (χ2v) is 8.50. The molecule has 1 N–H and O–H groups in total. The predicted molar refractivity (Wildman–Crippen MR) is 91.6 cm³/mol. The molecule has 2 saturated carbocycles. The number of aryl methyl sites for hydroxylation is 2. The first-order chi connectivity index (χ1) is 11.1. The number of aliphatic hydroxyl groups excluding tert-OH is 1. The SMILES string of the molecule is Cc1cc2cc3c(cc2o1)CC[C@@H]1[C@@H]3CC[C@]2(C)[C@@H](O)CC[C@@H]12. The Kier molecular flexibility index (Phi) is 2.84. The number of hydrogen-bond donors (Lipinski definition) is 1. The first kappa shape index (κ1) is 14.1. The Hall–Kier alpha value is -1.28. The van der Waals surface area contributed by atoms with Gasteiger partial charge in [-0.3, -0.25) is 0 Å². The zero-order valence-electron chi connectivity index (χ0n) is 14.1. The van der Waals surface area contributed by atoms with Crippen LogP contribution in [0.3, 0.4) is 0 Å². The van der Waals surface area contributed by atoms with E-state index in [1.165, 1.54) is 43.1 Å².